The van der Waals surface area contributed by atoms with Crippen LogP contribution in [0.2, 0.25) is 0 Å². The van der Waals surface area contributed by atoms with Crippen LogP contribution in [-0.4, -0.2) is 33.7 Å². The summed E-state index contributed by atoms with van der Waals surface area (Å²) in [5, 5.41) is 16.2. The van der Waals surface area contributed by atoms with Crippen LogP contribution in [0.5, 0.6) is 0 Å². The van der Waals surface area contributed by atoms with E-state index >= 15 is 0 Å². The summed E-state index contributed by atoms with van der Waals surface area (Å²) in [6.45, 7) is -1.14. The summed E-state index contributed by atoms with van der Waals surface area (Å²) in [4.78, 5) is 30.3. The van der Waals surface area contributed by atoms with Crippen LogP contribution in [0.4, 0.5) is 4.79 Å². The summed E-state index contributed by atoms with van der Waals surface area (Å²) in [6, 6.07) is -1.53. The molecule has 0 aromatic carbocycles. The number of aliphatic hydroxyl groups excluding tert-OH is 1. The Hall–Kier alpha value is -1.70. The molecule has 8 nitrogen and oxygen atoms in total. The van der Waals surface area contributed by atoms with Crippen LogP contribution >= 0.6 is 0 Å². The van der Waals surface area contributed by atoms with Gasteiger partial charge in [0.05, 0.1) is 0 Å². The number of urea groups is 1. The first kappa shape index (κ1) is 9.30. The second kappa shape index (κ2) is 3.46. The molecule has 0 aliphatic heterocycles. The molecule has 11 heavy (non-hydrogen) atoms. The Bertz CT molecular complexity index is 187. The first-order valence-electron chi connectivity index (χ1n) is 2.38. The fraction of sp³-hybridized carbons (Fsp3) is 0.333. The third kappa shape index (κ3) is 2.18. The van der Waals surface area contributed by atoms with Gasteiger partial charge in [-0.15, -0.1) is 0 Å². The van der Waals surface area contributed by atoms with Crippen molar-refractivity contribution in [2.45, 2.75) is 0 Å². The summed E-state index contributed by atoms with van der Waals surface area (Å²) in [6.07, 6.45) is 0. The van der Waals surface area contributed by atoms with E-state index in [1.54, 1.807) is 0 Å². The fourth-order valence-corrected chi connectivity index (χ4v) is 0.361. The second-order valence-electron chi connectivity index (χ2n) is 1.44. The lowest BCUT2D eigenvalue weighted by Crippen LogP contribution is -2.45. The van der Waals surface area contributed by atoms with Crippen LogP contribution in [-0.2, 0) is 4.79 Å². The number of hydrogen-bond acceptors (Lipinski definition) is 5. The van der Waals surface area contributed by atoms with Crippen molar-refractivity contribution >= 4 is 11.9 Å². The standard InChI is InChI=1S/C3H5N3O5/c4-3(9)5(6(10)11)2(8)1-7/h7H,1H2,(H2,4,9). The minimum atomic E-state index is -1.53. The number of hydrazine groups is 1. The zero-order valence-corrected chi connectivity index (χ0v) is 5.26. The number of nitrogens with two attached hydrogens (primary N) is 1. The van der Waals surface area contributed by atoms with E-state index < -0.39 is 28.6 Å². The smallest absolute Gasteiger partial charge is 0.382 e. The van der Waals surface area contributed by atoms with Gasteiger partial charge >= 0.3 is 11.9 Å². The number of amides is 3. The maximum Gasteiger partial charge on any atom is 0.382 e. The molecule has 0 saturated carbocycles. The highest BCUT2D eigenvalue weighted by Gasteiger charge is 2.29. The van der Waals surface area contributed by atoms with E-state index in [1.807, 2.05) is 0 Å². The molecule has 0 unspecified atom stereocenters. The molecule has 0 aliphatic carbocycles. The number of nitrogens with zero attached hydrogens (tertiary/aromatic N) is 2. The predicted octanol–water partition coefficient (Wildman–Crippen LogP) is -1.92. The molecule has 0 spiro atoms. The Balaban J connectivity index is 4.47. The molecule has 0 fully saturated rings. The van der Waals surface area contributed by atoms with Crippen LogP contribution in [0.3, 0.4) is 0 Å². The highest BCUT2D eigenvalue weighted by molar-refractivity contribution is 5.92. The Morgan fingerprint density at radius 1 is 1.64 bits per heavy atom. The number of hydrogen-bond donors (Lipinski definition) is 2. The number of carbonyl (C=O) groups is 2. The third-order valence-corrected chi connectivity index (χ3v) is 0.744. The maximum absolute atomic E-state index is 10.3. The highest BCUT2D eigenvalue weighted by atomic mass is 16.7. The van der Waals surface area contributed by atoms with E-state index in [0.29, 0.717) is 0 Å². The van der Waals surface area contributed by atoms with Gasteiger partial charge in [0, 0.05) is 5.01 Å². The largest absolute Gasteiger partial charge is 0.386 e. The molecule has 0 radical (unpaired) electrons. The molecule has 0 atom stereocenters. The van der Waals surface area contributed by atoms with Crippen molar-refractivity contribution in [1.82, 2.24) is 5.01 Å². The number of primary amides is 1. The molecule has 3 N–H and O–H groups in total. The summed E-state index contributed by atoms with van der Waals surface area (Å²) >= 11 is 0. The van der Waals surface area contributed by atoms with Gasteiger partial charge in [0.15, 0.2) is 5.03 Å². The first-order valence-corrected chi connectivity index (χ1v) is 2.38. The van der Waals surface area contributed by atoms with Crippen molar-refractivity contribution in [3.05, 3.63) is 10.1 Å². The van der Waals surface area contributed by atoms with E-state index in [2.05, 4.69) is 5.73 Å². The first-order chi connectivity index (χ1) is 5.00. The fourth-order valence-electron chi connectivity index (χ4n) is 0.361. The van der Waals surface area contributed by atoms with Gasteiger partial charge in [0.2, 0.25) is 0 Å². The summed E-state index contributed by atoms with van der Waals surface area (Å²) < 4.78 is 0. The van der Waals surface area contributed by atoms with Crippen molar-refractivity contribution in [1.29, 1.82) is 0 Å². The van der Waals surface area contributed by atoms with Crippen molar-refractivity contribution in [3.8, 4) is 0 Å². The third-order valence-electron chi connectivity index (χ3n) is 0.744. The molecule has 0 aliphatic rings. The number of rotatable bonds is 2. The van der Waals surface area contributed by atoms with Crippen molar-refractivity contribution < 1.29 is 19.7 Å². The maximum atomic E-state index is 10.3. The van der Waals surface area contributed by atoms with Crippen LogP contribution in [0, 0.1) is 10.1 Å². The molecule has 0 aromatic rings. The number of imide groups is 1. The van der Waals surface area contributed by atoms with Crippen LogP contribution in [0.1, 0.15) is 0 Å². The molecule has 8 heteroatoms. The van der Waals surface area contributed by atoms with E-state index in [-0.39, 0.29) is 0 Å². The van der Waals surface area contributed by atoms with E-state index in [9.17, 15) is 19.7 Å². The zero-order chi connectivity index (χ0) is 9.02. The molecule has 0 bridgehead atoms. The molecule has 0 rings (SSSR count). The van der Waals surface area contributed by atoms with Gasteiger partial charge < -0.3 is 10.8 Å². The summed E-state index contributed by atoms with van der Waals surface area (Å²) in [7, 11) is 0. The number of aliphatic hydroxyl groups is 1. The van der Waals surface area contributed by atoms with Gasteiger partial charge in [0.1, 0.15) is 6.61 Å². The van der Waals surface area contributed by atoms with Gasteiger partial charge in [-0.05, 0) is 0 Å². The van der Waals surface area contributed by atoms with E-state index in [0.717, 1.165) is 0 Å². The highest BCUT2D eigenvalue weighted by Crippen LogP contribution is 1.88. The normalized spacial score (nSPS) is 8.82. The molecule has 0 saturated heterocycles. The van der Waals surface area contributed by atoms with Crippen molar-refractivity contribution in [3.63, 3.8) is 0 Å². The lowest BCUT2D eigenvalue weighted by molar-refractivity contribution is -0.612. The lowest BCUT2D eigenvalue weighted by Gasteiger charge is -2.03. The zero-order valence-electron chi connectivity index (χ0n) is 5.26. The topological polar surface area (TPSA) is 127 Å². The average molecular weight is 163 g/mol. The van der Waals surface area contributed by atoms with Gasteiger partial charge in [0.25, 0.3) is 0 Å². The summed E-state index contributed by atoms with van der Waals surface area (Å²) in [5.74, 6) is -1.37. The second-order valence-corrected chi connectivity index (χ2v) is 1.44. The van der Waals surface area contributed by atoms with E-state index in [4.69, 9.17) is 5.11 Å². The Morgan fingerprint density at radius 3 is 2.18 bits per heavy atom. The predicted molar refractivity (Wildman–Crippen MR) is 30.5 cm³/mol. The van der Waals surface area contributed by atoms with Crippen LogP contribution in [0.15, 0.2) is 0 Å². The van der Waals surface area contributed by atoms with Crippen molar-refractivity contribution in [2.24, 2.45) is 5.73 Å². The number of nitro groups is 1. The molecule has 3 amide bonds. The molecule has 0 heterocycles. The Kier molecular flexibility index (Phi) is 2.93. The van der Waals surface area contributed by atoms with Crippen LogP contribution in [0.25, 0.3) is 0 Å². The minimum Gasteiger partial charge on any atom is -0.386 e. The van der Waals surface area contributed by atoms with Gasteiger partial charge in [-0.2, -0.15) is 0 Å². The monoisotopic (exact) mass is 163 g/mol. The average Bonchev–Trinajstić information content (AvgIpc) is 1.85. The lowest BCUT2D eigenvalue weighted by atomic mass is 10.6. The van der Waals surface area contributed by atoms with Crippen molar-refractivity contribution in [2.75, 3.05) is 6.61 Å². The Labute approximate surface area is 60.3 Å². The quantitative estimate of drug-likeness (QED) is 0.362. The number of carbonyl (C=O) groups excluding carboxylic acids is 2. The minimum absolute atomic E-state index is 0.472. The molecule has 62 valence electrons. The van der Waals surface area contributed by atoms with Gasteiger partial charge in [-0.1, -0.05) is 0 Å². The molecular formula is C3H5N3O5. The summed E-state index contributed by atoms with van der Waals surface area (Å²) in [5.41, 5.74) is 4.43. The SMILES string of the molecule is NC(=O)N(C(=O)CO)[N+](=O)[O-]. The Morgan fingerprint density at radius 2 is 2.09 bits per heavy atom. The van der Waals surface area contributed by atoms with Gasteiger partial charge in [-0.3, -0.25) is 4.79 Å². The van der Waals surface area contributed by atoms with E-state index in [1.165, 1.54) is 0 Å². The molecule has 0 aromatic heterocycles. The van der Waals surface area contributed by atoms with Gasteiger partial charge in [-0.25, -0.2) is 14.9 Å². The molecular weight excluding hydrogens is 158 g/mol. The van der Waals surface area contributed by atoms with Crippen LogP contribution < -0.4 is 5.73 Å².